The molecule has 0 spiro atoms. The first-order chi connectivity index (χ1) is 9.49. The molecule has 0 saturated carbocycles. The predicted molar refractivity (Wildman–Crippen MR) is 83.6 cm³/mol. The Morgan fingerprint density at radius 1 is 1.45 bits per heavy atom. The summed E-state index contributed by atoms with van der Waals surface area (Å²) >= 11 is 9.42. The molecule has 6 heteroatoms. The lowest BCUT2D eigenvalue weighted by molar-refractivity contribution is 0.0778. The molecule has 1 aromatic heterocycles. The van der Waals surface area contributed by atoms with Crippen molar-refractivity contribution in [1.82, 2.24) is 9.88 Å². The first-order valence-electron chi connectivity index (χ1n) is 5.89. The quantitative estimate of drug-likeness (QED) is 0.860. The highest BCUT2D eigenvalue weighted by Crippen LogP contribution is 2.21. The molecule has 1 aromatic carbocycles. The van der Waals surface area contributed by atoms with Gasteiger partial charge in [0.25, 0.3) is 5.91 Å². The third-order valence-electron chi connectivity index (χ3n) is 2.79. The van der Waals surface area contributed by atoms with E-state index in [4.69, 9.17) is 17.3 Å². The largest absolute Gasteiger partial charge is 0.399 e. The molecule has 4 nitrogen and oxygen atoms in total. The zero-order valence-electron chi connectivity index (χ0n) is 10.8. The molecule has 20 heavy (non-hydrogen) atoms. The topological polar surface area (TPSA) is 59.2 Å². The number of rotatable bonds is 3. The number of nitrogens with zero attached hydrogens (tertiary/aromatic N) is 2. The maximum Gasteiger partial charge on any atom is 0.273 e. The van der Waals surface area contributed by atoms with Crippen molar-refractivity contribution < 1.29 is 4.79 Å². The van der Waals surface area contributed by atoms with Crippen LogP contribution in [0.1, 0.15) is 16.1 Å². The number of carbonyl (C=O) groups is 1. The van der Waals surface area contributed by atoms with E-state index in [9.17, 15) is 4.79 Å². The van der Waals surface area contributed by atoms with Crippen LogP contribution in [0.3, 0.4) is 0 Å². The maximum absolute atomic E-state index is 12.3. The highest BCUT2D eigenvalue weighted by atomic mass is 79.9. The number of hydrogen-bond acceptors (Lipinski definition) is 3. The van der Waals surface area contributed by atoms with Crippen LogP contribution in [-0.4, -0.2) is 22.8 Å². The van der Waals surface area contributed by atoms with Gasteiger partial charge >= 0.3 is 0 Å². The number of hydrogen-bond donors (Lipinski definition) is 1. The van der Waals surface area contributed by atoms with Crippen LogP contribution in [0.25, 0.3) is 0 Å². The fourth-order valence-electron chi connectivity index (χ4n) is 1.77. The van der Waals surface area contributed by atoms with E-state index in [-0.39, 0.29) is 5.91 Å². The molecule has 0 saturated heterocycles. The van der Waals surface area contributed by atoms with Gasteiger partial charge in [-0.05, 0) is 51.8 Å². The van der Waals surface area contributed by atoms with Crippen LogP contribution in [0.5, 0.6) is 0 Å². The summed E-state index contributed by atoms with van der Waals surface area (Å²) < 4.78 is 0.663. The molecule has 104 valence electrons. The molecule has 0 unspecified atom stereocenters. The van der Waals surface area contributed by atoms with Crippen molar-refractivity contribution in [1.29, 1.82) is 0 Å². The number of anilines is 1. The summed E-state index contributed by atoms with van der Waals surface area (Å²) in [7, 11) is 1.70. The Hall–Kier alpha value is -1.59. The van der Waals surface area contributed by atoms with Gasteiger partial charge in [-0.1, -0.05) is 11.6 Å². The van der Waals surface area contributed by atoms with E-state index in [0.29, 0.717) is 27.4 Å². The van der Waals surface area contributed by atoms with Gasteiger partial charge in [-0.15, -0.1) is 0 Å². The highest BCUT2D eigenvalue weighted by Gasteiger charge is 2.17. The minimum Gasteiger partial charge on any atom is -0.399 e. The molecular formula is C14H13BrClN3O. The van der Waals surface area contributed by atoms with Crippen LogP contribution in [-0.2, 0) is 6.54 Å². The van der Waals surface area contributed by atoms with Crippen molar-refractivity contribution in [3.63, 3.8) is 0 Å². The van der Waals surface area contributed by atoms with E-state index in [1.807, 2.05) is 0 Å². The number of nitrogens with two attached hydrogens (primary N) is 1. The lowest BCUT2D eigenvalue weighted by Gasteiger charge is -2.18. The summed E-state index contributed by atoms with van der Waals surface area (Å²) in [5.41, 5.74) is 7.52. The molecule has 2 N–H and O–H groups in total. The maximum atomic E-state index is 12.3. The number of pyridine rings is 1. The molecule has 0 bridgehead atoms. The Bertz CT molecular complexity index is 648. The summed E-state index contributed by atoms with van der Waals surface area (Å²) in [6.07, 6.45) is 1.58. The Kier molecular flexibility index (Phi) is 4.62. The van der Waals surface area contributed by atoms with Crippen LogP contribution in [0.4, 0.5) is 5.69 Å². The SMILES string of the molecule is CN(Cc1cc(N)ccc1Cl)C(=O)c1ncccc1Br. The van der Waals surface area contributed by atoms with Crippen LogP contribution in [0.2, 0.25) is 5.02 Å². The fourth-order valence-corrected chi connectivity index (χ4v) is 2.37. The molecule has 0 aliphatic rings. The van der Waals surface area contributed by atoms with Gasteiger partial charge in [0, 0.05) is 35.0 Å². The summed E-state index contributed by atoms with van der Waals surface area (Å²) in [5, 5.41) is 0.582. The van der Waals surface area contributed by atoms with E-state index in [2.05, 4.69) is 20.9 Å². The molecule has 1 heterocycles. The lowest BCUT2D eigenvalue weighted by atomic mass is 10.2. The lowest BCUT2D eigenvalue weighted by Crippen LogP contribution is -2.27. The number of carbonyl (C=O) groups excluding carboxylic acids is 1. The van der Waals surface area contributed by atoms with Gasteiger partial charge in [0.05, 0.1) is 0 Å². The monoisotopic (exact) mass is 353 g/mol. The van der Waals surface area contributed by atoms with Crippen LogP contribution >= 0.6 is 27.5 Å². The number of nitrogen functional groups attached to an aromatic ring is 1. The Morgan fingerprint density at radius 2 is 2.20 bits per heavy atom. The molecule has 2 aromatic rings. The van der Waals surface area contributed by atoms with Crippen LogP contribution < -0.4 is 5.73 Å². The second-order valence-corrected chi connectivity index (χ2v) is 5.61. The van der Waals surface area contributed by atoms with Gasteiger partial charge in [-0.25, -0.2) is 4.98 Å². The van der Waals surface area contributed by atoms with E-state index in [0.717, 1.165) is 5.56 Å². The van der Waals surface area contributed by atoms with Crippen LogP contribution in [0, 0.1) is 0 Å². The highest BCUT2D eigenvalue weighted by molar-refractivity contribution is 9.10. The second kappa shape index (κ2) is 6.24. The van der Waals surface area contributed by atoms with Gasteiger partial charge < -0.3 is 10.6 Å². The molecular weight excluding hydrogens is 342 g/mol. The molecule has 2 rings (SSSR count). The number of benzene rings is 1. The van der Waals surface area contributed by atoms with Gasteiger partial charge in [0.15, 0.2) is 0 Å². The fraction of sp³-hybridized carbons (Fsp3) is 0.143. The molecule has 0 fully saturated rings. The number of halogens is 2. The third-order valence-corrected chi connectivity index (χ3v) is 3.79. The number of amides is 1. The smallest absolute Gasteiger partial charge is 0.273 e. The summed E-state index contributed by atoms with van der Waals surface area (Å²) in [6.45, 7) is 0.367. The van der Waals surface area contributed by atoms with E-state index in [1.54, 1.807) is 48.5 Å². The molecule has 1 amide bonds. The van der Waals surface area contributed by atoms with Crippen molar-refractivity contribution in [3.8, 4) is 0 Å². The minimum atomic E-state index is -0.184. The summed E-state index contributed by atoms with van der Waals surface area (Å²) in [4.78, 5) is 18.0. The standard InChI is InChI=1S/C14H13BrClN3O/c1-19(8-9-7-10(17)4-5-12(9)16)14(20)13-11(15)3-2-6-18-13/h2-7H,8,17H2,1H3. The van der Waals surface area contributed by atoms with Gasteiger partial charge in [-0.3, -0.25) is 4.79 Å². The predicted octanol–water partition coefficient (Wildman–Crippen LogP) is 3.35. The molecule has 0 aliphatic heterocycles. The Morgan fingerprint density at radius 3 is 2.90 bits per heavy atom. The number of aromatic nitrogens is 1. The van der Waals surface area contributed by atoms with Crippen molar-refractivity contribution in [2.75, 3.05) is 12.8 Å². The second-order valence-electron chi connectivity index (χ2n) is 4.35. The normalized spacial score (nSPS) is 10.3. The first kappa shape index (κ1) is 14.8. The van der Waals surface area contributed by atoms with E-state index < -0.39 is 0 Å². The Balaban J connectivity index is 2.20. The zero-order chi connectivity index (χ0) is 14.7. The van der Waals surface area contributed by atoms with Crippen molar-refractivity contribution >= 4 is 39.1 Å². The average Bonchev–Trinajstić information content (AvgIpc) is 2.42. The zero-order valence-corrected chi connectivity index (χ0v) is 13.1. The van der Waals surface area contributed by atoms with Gasteiger partial charge in [0.2, 0.25) is 0 Å². The van der Waals surface area contributed by atoms with Crippen LogP contribution in [0.15, 0.2) is 41.0 Å². The average molecular weight is 355 g/mol. The molecule has 0 radical (unpaired) electrons. The molecule has 0 atom stereocenters. The van der Waals surface area contributed by atoms with Gasteiger partial charge in [-0.2, -0.15) is 0 Å². The first-order valence-corrected chi connectivity index (χ1v) is 7.06. The summed E-state index contributed by atoms with van der Waals surface area (Å²) in [6, 6.07) is 8.75. The van der Waals surface area contributed by atoms with E-state index in [1.165, 1.54) is 0 Å². The third kappa shape index (κ3) is 3.29. The van der Waals surface area contributed by atoms with E-state index >= 15 is 0 Å². The molecule has 0 aliphatic carbocycles. The van der Waals surface area contributed by atoms with Crippen molar-refractivity contribution in [2.45, 2.75) is 6.54 Å². The van der Waals surface area contributed by atoms with Crippen molar-refractivity contribution in [3.05, 3.63) is 57.3 Å². The van der Waals surface area contributed by atoms with Crippen molar-refractivity contribution in [2.24, 2.45) is 0 Å². The minimum absolute atomic E-state index is 0.184. The van der Waals surface area contributed by atoms with Gasteiger partial charge in [0.1, 0.15) is 5.69 Å². The Labute approximate surface area is 130 Å². The summed E-state index contributed by atoms with van der Waals surface area (Å²) in [5.74, 6) is -0.184.